The van der Waals surface area contributed by atoms with Gasteiger partial charge in [-0.25, -0.2) is 13.1 Å². The Hall–Kier alpha value is -1.35. The fourth-order valence-corrected chi connectivity index (χ4v) is 3.39. The highest BCUT2D eigenvalue weighted by atomic mass is 32.2. The zero-order valence-electron chi connectivity index (χ0n) is 12.9. The van der Waals surface area contributed by atoms with Crippen LogP contribution in [0.2, 0.25) is 0 Å². The van der Waals surface area contributed by atoms with E-state index < -0.39 is 10.0 Å². The molecule has 0 saturated carbocycles. The predicted octanol–water partition coefficient (Wildman–Crippen LogP) is 2.02. The fraction of sp³-hybridized carbons (Fsp3) is 0.500. The summed E-state index contributed by atoms with van der Waals surface area (Å²) in [4.78, 5) is 0.289. The largest absolute Gasteiger partial charge is 0.320 e. The highest BCUT2D eigenvalue weighted by molar-refractivity contribution is 7.89. The van der Waals surface area contributed by atoms with Gasteiger partial charge in [-0.05, 0) is 30.5 Å². The smallest absolute Gasteiger partial charge is 0.240 e. The second kappa shape index (κ2) is 8.18. The molecule has 3 N–H and O–H groups in total. The average molecular weight is 308 g/mol. The molecule has 0 aliphatic heterocycles. The van der Waals surface area contributed by atoms with E-state index in [0.29, 0.717) is 23.6 Å². The van der Waals surface area contributed by atoms with Crippen LogP contribution in [0.3, 0.4) is 0 Å². The van der Waals surface area contributed by atoms with E-state index in [0.717, 1.165) is 12.8 Å². The third kappa shape index (κ3) is 5.16. The molecular weight excluding hydrogens is 284 g/mol. The molecule has 116 valence electrons. The molecule has 0 heterocycles. The van der Waals surface area contributed by atoms with Crippen LogP contribution in [-0.2, 0) is 10.0 Å². The molecule has 0 aromatic heterocycles. The maximum Gasteiger partial charge on any atom is 0.240 e. The first-order valence-corrected chi connectivity index (χ1v) is 8.72. The number of benzene rings is 1. The lowest BCUT2D eigenvalue weighted by molar-refractivity contribution is 0.479. The molecule has 0 aliphatic carbocycles. The van der Waals surface area contributed by atoms with E-state index in [2.05, 4.69) is 30.4 Å². The molecule has 0 spiro atoms. The summed E-state index contributed by atoms with van der Waals surface area (Å²) in [5, 5.41) is 0. The van der Waals surface area contributed by atoms with Crippen LogP contribution < -0.4 is 10.5 Å². The monoisotopic (exact) mass is 308 g/mol. The number of nitrogens with one attached hydrogen (secondary N) is 1. The molecule has 0 saturated heterocycles. The van der Waals surface area contributed by atoms with Crippen molar-refractivity contribution in [2.75, 3.05) is 13.1 Å². The fourth-order valence-electron chi connectivity index (χ4n) is 2.00. The van der Waals surface area contributed by atoms with E-state index in [1.165, 1.54) is 0 Å². The number of aryl methyl sites for hydroxylation is 1. The summed E-state index contributed by atoms with van der Waals surface area (Å²) in [6, 6.07) is 5.18. The Morgan fingerprint density at radius 3 is 2.52 bits per heavy atom. The second-order valence-electron chi connectivity index (χ2n) is 5.02. The summed E-state index contributed by atoms with van der Waals surface area (Å²) in [6.45, 7) is 6.63. The van der Waals surface area contributed by atoms with Crippen molar-refractivity contribution in [3.05, 3.63) is 29.3 Å². The molecule has 1 aromatic rings. The lowest BCUT2D eigenvalue weighted by atomic mass is 10.0. The highest BCUT2D eigenvalue weighted by Gasteiger charge is 2.18. The van der Waals surface area contributed by atoms with Crippen molar-refractivity contribution < 1.29 is 8.42 Å². The lowest BCUT2D eigenvalue weighted by Gasteiger charge is -2.15. The first-order chi connectivity index (χ1) is 9.94. The van der Waals surface area contributed by atoms with Gasteiger partial charge in [0.15, 0.2) is 0 Å². The number of nitrogens with two attached hydrogens (primary N) is 1. The van der Waals surface area contributed by atoms with Crippen LogP contribution in [-0.4, -0.2) is 21.5 Å². The molecular formula is C16H24N2O2S. The molecule has 4 nitrogen and oxygen atoms in total. The van der Waals surface area contributed by atoms with Gasteiger partial charge in [-0.3, -0.25) is 0 Å². The van der Waals surface area contributed by atoms with Crippen molar-refractivity contribution in [2.45, 2.75) is 38.5 Å². The first-order valence-electron chi connectivity index (χ1n) is 7.23. The van der Waals surface area contributed by atoms with E-state index in [9.17, 15) is 8.42 Å². The maximum atomic E-state index is 12.4. The van der Waals surface area contributed by atoms with Gasteiger partial charge < -0.3 is 5.73 Å². The van der Waals surface area contributed by atoms with Gasteiger partial charge in [0.1, 0.15) is 0 Å². The van der Waals surface area contributed by atoms with Gasteiger partial charge in [-0.1, -0.05) is 44.6 Å². The molecule has 0 aliphatic rings. The van der Waals surface area contributed by atoms with Crippen LogP contribution in [0.4, 0.5) is 0 Å². The Morgan fingerprint density at radius 2 is 1.95 bits per heavy atom. The van der Waals surface area contributed by atoms with Gasteiger partial charge in [-0.2, -0.15) is 0 Å². The van der Waals surface area contributed by atoms with E-state index >= 15 is 0 Å². The quantitative estimate of drug-likeness (QED) is 0.790. The van der Waals surface area contributed by atoms with Crippen molar-refractivity contribution in [1.29, 1.82) is 0 Å². The normalized spacial score (nSPS) is 11.3. The SMILES string of the molecule is CCC(CC)CNS(=O)(=O)c1cc(C#CCN)ccc1C. The van der Waals surface area contributed by atoms with Gasteiger partial charge in [0, 0.05) is 12.1 Å². The Morgan fingerprint density at radius 1 is 1.29 bits per heavy atom. The summed E-state index contributed by atoms with van der Waals surface area (Å²) in [6.07, 6.45) is 1.92. The minimum atomic E-state index is -3.50. The van der Waals surface area contributed by atoms with Crippen LogP contribution >= 0.6 is 0 Å². The molecule has 0 unspecified atom stereocenters. The highest BCUT2D eigenvalue weighted by Crippen LogP contribution is 2.17. The van der Waals surface area contributed by atoms with Crippen molar-refractivity contribution in [2.24, 2.45) is 11.7 Å². The van der Waals surface area contributed by atoms with Crippen molar-refractivity contribution in [3.63, 3.8) is 0 Å². The van der Waals surface area contributed by atoms with Gasteiger partial charge >= 0.3 is 0 Å². The number of hydrogen-bond donors (Lipinski definition) is 2. The van der Waals surface area contributed by atoms with Crippen molar-refractivity contribution >= 4 is 10.0 Å². The van der Waals surface area contributed by atoms with Gasteiger partial charge in [0.2, 0.25) is 10.0 Å². The number of sulfonamides is 1. The minimum absolute atomic E-state index is 0.253. The summed E-state index contributed by atoms with van der Waals surface area (Å²) < 4.78 is 27.6. The molecule has 1 rings (SSSR count). The molecule has 5 heteroatoms. The molecule has 0 atom stereocenters. The number of hydrogen-bond acceptors (Lipinski definition) is 3. The second-order valence-corrected chi connectivity index (χ2v) is 6.76. The van der Waals surface area contributed by atoms with Crippen LogP contribution in [0.5, 0.6) is 0 Å². The Balaban J connectivity index is 3.01. The van der Waals surface area contributed by atoms with Gasteiger partial charge in [-0.15, -0.1) is 0 Å². The zero-order valence-corrected chi connectivity index (χ0v) is 13.8. The number of rotatable bonds is 6. The molecule has 0 amide bonds. The maximum absolute atomic E-state index is 12.4. The average Bonchev–Trinajstić information content (AvgIpc) is 2.47. The molecule has 0 radical (unpaired) electrons. The summed E-state index contributed by atoms with van der Waals surface area (Å²) in [7, 11) is -3.50. The van der Waals surface area contributed by atoms with Crippen LogP contribution in [0.1, 0.15) is 37.8 Å². The van der Waals surface area contributed by atoms with Crippen molar-refractivity contribution in [3.8, 4) is 11.8 Å². The predicted molar refractivity (Wildman–Crippen MR) is 86.4 cm³/mol. The van der Waals surface area contributed by atoms with E-state index in [1.54, 1.807) is 25.1 Å². The van der Waals surface area contributed by atoms with E-state index in [1.807, 2.05) is 0 Å². The lowest BCUT2D eigenvalue weighted by Crippen LogP contribution is -2.29. The molecule has 0 fully saturated rings. The third-order valence-electron chi connectivity index (χ3n) is 3.53. The summed E-state index contributed by atoms with van der Waals surface area (Å²) in [5.41, 5.74) is 6.71. The van der Waals surface area contributed by atoms with Gasteiger partial charge in [0.25, 0.3) is 0 Å². The van der Waals surface area contributed by atoms with Crippen LogP contribution in [0.15, 0.2) is 23.1 Å². The van der Waals surface area contributed by atoms with Crippen LogP contribution in [0.25, 0.3) is 0 Å². The van der Waals surface area contributed by atoms with E-state index in [4.69, 9.17) is 5.73 Å². The van der Waals surface area contributed by atoms with Crippen LogP contribution in [0, 0.1) is 24.7 Å². The molecule has 1 aromatic carbocycles. The van der Waals surface area contributed by atoms with Crippen molar-refractivity contribution in [1.82, 2.24) is 4.72 Å². The summed E-state index contributed by atoms with van der Waals surface area (Å²) >= 11 is 0. The summed E-state index contributed by atoms with van der Waals surface area (Å²) in [5.74, 6) is 5.96. The Bertz CT molecular complexity index is 623. The Labute approximate surface area is 128 Å². The van der Waals surface area contributed by atoms with Gasteiger partial charge in [0.05, 0.1) is 11.4 Å². The van der Waals surface area contributed by atoms with E-state index in [-0.39, 0.29) is 11.4 Å². The topological polar surface area (TPSA) is 72.2 Å². The molecule has 0 bridgehead atoms. The Kier molecular flexibility index (Phi) is 6.90. The zero-order chi connectivity index (χ0) is 15.9. The first kappa shape index (κ1) is 17.7. The molecule has 21 heavy (non-hydrogen) atoms. The minimum Gasteiger partial charge on any atom is -0.320 e. The third-order valence-corrected chi connectivity index (χ3v) is 5.09. The standard InChI is InChI=1S/C16H24N2O2S/c1-4-14(5-2)12-18-21(19,20)16-11-15(7-6-10-17)9-8-13(16)3/h8-9,11,14,18H,4-5,10,12,17H2,1-3H3.